The normalized spacial score (nSPS) is 17.4. The van der Waals surface area contributed by atoms with E-state index in [2.05, 4.69) is 0 Å². The molecule has 1 fully saturated rings. The second-order valence-electron chi connectivity index (χ2n) is 5.97. The summed E-state index contributed by atoms with van der Waals surface area (Å²) in [7, 11) is 1.76. The Hall–Kier alpha value is -2.62. The van der Waals surface area contributed by atoms with Gasteiger partial charge in [0.05, 0.1) is 5.92 Å². The van der Waals surface area contributed by atoms with Crippen molar-refractivity contribution in [3.05, 3.63) is 60.2 Å². The molecule has 1 aliphatic heterocycles. The molecule has 0 bridgehead atoms. The minimum Gasteiger partial charge on any atom is -0.315 e. The molecular weight excluding hydrogens is 288 g/mol. The van der Waals surface area contributed by atoms with E-state index in [1.165, 1.54) is 0 Å². The Morgan fingerprint density at radius 3 is 2.39 bits per heavy atom. The summed E-state index contributed by atoms with van der Waals surface area (Å²) < 4.78 is 0. The molecule has 0 radical (unpaired) electrons. The highest BCUT2D eigenvalue weighted by atomic mass is 16.2. The zero-order valence-corrected chi connectivity index (χ0v) is 13.4. The van der Waals surface area contributed by atoms with Gasteiger partial charge in [-0.05, 0) is 31.2 Å². The Morgan fingerprint density at radius 2 is 1.74 bits per heavy atom. The van der Waals surface area contributed by atoms with Crippen molar-refractivity contribution in [1.29, 1.82) is 0 Å². The van der Waals surface area contributed by atoms with Gasteiger partial charge < -0.3 is 9.80 Å². The lowest BCUT2D eigenvalue weighted by Gasteiger charge is -2.21. The molecular formula is C19H20N2O2. The first kappa shape index (κ1) is 15.3. The zero-order chi connectivity index (χ0) is 16.4. The first-order chi connectivity index (χ1) is 11.1. The van der Waals surface area contributed by atoms with E-state index in [4.69, 9.17) is 0 Å². The monoisotopic (exact) mass is 308 g/mol. The number of nitrogens with zero attached hydrogens (tertiary/aromatic N) is 2. The van der Waals surface area contributed by atoms with Crippen LogP contribution in [0.5, 0.6) is 0 Å². The first-order valence-corrected chi connectivity index (χ1v) is 7.76. The highest BCUT2D eigenvalue weighted by Gasteiger charge is 2.36. The molecule has 0 saturated carbocycles. The summed E-state index contributed by atoms with van der Waals surface area (Å²) in [5.41, 5.74) is 2.86. The van der Waals surface area contributed by atoms with Gasteiger partial charge in [-0.25, -0.2) is 0 Å². The van der Waals surface area contributed by atoms with Gasteiger partial charge in [0.1, 0.15) is 0 Å². The standard InChI is InChI=1S/C19H20N2O2/c1-14-8-10-17(11-9-14)21-13-15(12-18(21)22)19(23)20(2)16-6-4-3-5-7-16/h3-11,15H,12-13H2,1-2H3. The number of carbonyl (C=O) groups is 2. The molecule has 1 atom stereocenters. The van der Waals surface area contributed by atoms with Gasteiger partial charge in [0.2, 0.25) is 11.8 Å². The Labute approximate surface area is 136 Å². The Balaban J connectivity index is 1.74. The van der Waals surface area contributed by atoms with Crippen LogP contribution in [-0.4, -0.2) is 25.4 Å². The first-order valence-electron chi connectivity index (χ1n) is 7.76. The molecule has 0 spiro atoms. The summed E-state index contributed by atoms with van der Waals surface area (Å²) in [6, 6.07) is 17.3. The lowest BCUT2D eigenvalue weighted by atomic mass is 10.1. The summed E-state index contributed by atoms with van der Waals surface area (Å²) in [4.78, 5) is 28.3. The smallest absolute Gasteiger partial charge is 0.232 e. The van der Waals surface area contributed by atoms with Gasteiger partial charge in [-0.15, -0.1) is 0 Å². The molecule has 23 heavy (non-hydrogen) atoms. The van der Waals surface area contributed by atoms with Gasteiger partial charge in [0.25, 0.3) is 0 Å². The molecule has 1 unspecified atom stereocenters. The predicted molar refractivity (Wildman–Crippen MR) is 91.5 cm³/mol. The minimum absolute atomic E-state index is 0.00802. The summed E-state index contributed by atoms with van der Waals surface area (Å²) in [5, 5.41) is 0. The van der Waals surface area contributed by atoms with E-state index in [0.717, 1.165) is 16.9 Å². The van der Waals surface area contributed by atoms with Gasteiger partial charge in [-0.2, -0.15) is 0 Å². The number of amides is 2. The third kappa shape index (κ3) is 3.11. The molecule has 2 amide bonds. The Bertz CT molecular complexity index is 710. The van der Waals surface area contributed by atoms with Crippen molar-refractivity contribution in [2.24, 2.45) is 5.92 Å². The van der Waals surface area contributed by atoms with Crippen molar-refractivity contribution in [2.75, 3.05) is 23.4 Å². The van der Waals surface area contributed by atoms with E-state index < -0.39 is 0 Å². The van der Waals surface area contributed by atoms with Gasteiger partial charge in [0, 0.05) is 31.4 Å². The van der Waals surface area contributed by atoms with E-state index in [-0.39, 0.29) is 24.2 Å². The van der Waals surface area contributed by atoms with Crippen LogP contribution in [0, 0.1) is 12.8 Å². The van der Waals surface area contributed by atoms with Crippen molar-refractivity contribution < 1.29 is 9.59 Å². The number of hydrogen-bond donors (Lipinski definition) is 0. The van der Waals surface area contributed by atoms with E-state index in [0.29, 0.717) is 6.54 Å². The van der Waals surface area contributed by atoms with Crippen LogP contribution in [0.25, 0.3) is 0 Å². The van der Waals surface area contributed by atoms with Crippen molar-refractivity contribution >= 4 is 23.2 Å². The third-order valence-corrected chi connectivity index (χ3v) is 4.29. The number of carbonyl (C=O) groups excluding carboxylic acids is 2. The Kier molecular flexibility index (Phi) is 4.15. The number of aryl methyl sites for hydroxylation is 1. The molecule has 0 aliphatic carbocycles. The summed E-state index contributed by atoms with van der Waals surface area (Å²) in [6.07, 6.45) is 0.268. The van der Waals surface area contributed by atoms with E-state index in [1.807, 2.05) is 61.5 Å². The molecule has 0 N–H and O–H groups in total. The molecule has 118 valence electrons. The highest BCUT2D eigenvalue weighted by Crippen LogP contribution is 2.27. The average Bonchev–Trinajstić information content (AvgIpc) is 2.97. The molecule has 1 saturated heterocycles. The van der Waals surface area contributed by atoms with Gasteiger partial charge in [-0.3, -0.25) is 9.59 Å². The lowest BCUT2D eigenvalue weighted by molar-refractivity contribution is -0.124. The van der Waals surface area contributed by atoms with E-state index in [9.17, 15) is 9.59 Å². The van der Waals surface area contributed by atoms with Gasteiger partial charge in [-0.1, -0.05) is 35.9 Å². The van der Waals surface area contributed by atoms with E-state index in [1.54, 1.807) is 16.8 Å². The molecule has 2 aromatic rings. The number of benzene rings is 2. The quantitative estimate of drug-likeness (QED) is 0.874. The van der Waals surface area contributed by atoms with Gasteiger partial charge >= 0.3 is 0 Å². The molecule has 1 heterocycles. The van der Waals surface area contributed by atoms with Crippen LogP contribution in [0.15, 0.2) is 54.6 Å². The fraction of sp³-hybridized carbons (Fsp3) is 0.263. The zero-order valence-electron chi connectivity index (χ0n) is 13.4. The number of rotatable bonds is 3. The van der Waals surface area contributed by atoms with Crippen LogP contribution in [0.2, 0.25) is 0 Å². The molecule has 0 aromatic heterocycles. The fourth-order valence-electron chi connectivity index (χ4n) is 2.90. The second kappa shape index (κ2) is 6.24. The average molecular weight is 308 g/mol. The maximum Gasteiger partial charge on any atom is 0.232 e. The molecule has 4 heteroatoms. The summed E-state index contributed by atoms with van der Waals surface area (Å²) in [5.74, 6) is -0.304. The Morgan fingerprint density at radius 1 is 1.09 bits per heavy atom. The summed E-state index contributed by atoms with van der Waals surface area (Å²) in [6.45, 7) is 2.45. The van der Waals surface area contributed by atoms with Crippen LogP contribution in [0.1, 0.15) is 12.0 Å². The van der Waals surface area contributed by atoms with Crippen LogP contribution in [-0.2, 0) is 9.59 Å². The third-order valence-electron chi connectivity index (χ3n) is 4.29. The number of para-hydroxylation sites is 1. The van der Waals surface area contributed by atoms with Crippen LogP contribution in [0.3, 0.4) is 0 Å². The summed E-state index contributed by atoms with van der Waals surface area (Å²) >= 11 is 0. The van der Waals surface area contributed by atoms with Crippen molar-refractivity contribution in [3.8, 4) is 0 Å². The molecule has 4 nitrogen and oxygen atoms in total. The maximum absolute atomic E-state index is 12.7. The second-order valence-corrected chi connectivity index (χ2v) is 5.97. The van der Waals surface area contributed by atoms with Gasteiger partial charge in [0.15, 0.2) is 0 Å². The maximum atomic E-state index is 12.7. The number of anilines is 2. The van der Waals surface area contributed by atoms with Crippen LogP contribution < -0.4 is 9.80 Å². The molecule has 2 aromatic carbocycles. The fourth-order valence-corrected chi connectivity index (χ4v) is 2.90. The van der Waals surface area contributed by atoms with Crippen molar-refractivity contribution in [2.45, 2.75) is 13.3 Å². The largest absolute Gasteiger partial charge is 0.315 e. The highest BCUT2D eigenvalue weighted by molar-refractivity contribution is 6.04. The molecule has 3 rings (SSSR count). The number of hydrogen-bond acceptors (Lipinski definition) is 2. The topological polar surface area (TPSA) is 40.6 Å². The van der Waals surface area contributed by atoms with E-state index >= 15 is 0 Å². The predicted octanol–water partition coefficient (Wildman–Crippen LogP) is 3.01. The lowest BCUT2D eigenvalue weighted by Crippen LogP contribution is -2.34. The van der Waals surface area contributed by atoms with Crippen molar-refractivity contribution in [1.82, 2.24) is 0 Å². The minimum atomic E-state index is -0.297. The SMILES string of the molecule is Cc1ccc(N2CC(C(=O)N(C)c3ccccc3)CC2=O)cc1. The van der Waals surface area contributed by atoms with Crippen molar-refractivity contribution in [3.63, 3.8) is 0 Å². The molecule has 1 aliphatic rings. The van der Waals surface area contributed by atoms with Crippen LogP contribution >= 0.6 is 0 Å². The van der Waals surface area contributed by atoms with Crippen LogP contribution in [0.4, 0.5) is 11.4 Å².